The quantitative estimate of drug-likeness (QED) is 0.814. The van der Waals surface area contributed by atoms with E-state index in [-0.39, 0.29) is 11.5 Å². The van der Waals surface area contributed by atoms with Gasteiger partial charge >= 0.3 is 0 Å². The van der Waals surface area contributed by atoms with Crippen LogP contribution in [0.2, 0.25) is 0 Å². The fourth-order valence-electron chi connectivity index (χ4n) is 2.51. The highest BCUT2D eigenvalue weighted by Gasteiger charge is 2.20. The zero-order valence-corrected chi connectivity index (χ0v) is 12.5. The van der Waals surface area contributed by atoms with Crippen molar-refractivity contribution in [3.8, 4) is 0 Å². The van der Waals surface area contributed by atoms with Crippen LogP contribution < -0.4 is 10.2 Å². The van der Waals surface area contributed by atoms with E-state index in [2.05, 4.69) is 62.2 Å². The first-order valence-corrected chi connectivity index (χ1v) is 7.13. The molecule has 0 aliphatic carbocycles. The van der Waals surface area contributed by atoms with E-state index in [1.54, 1.807) is 0 Å². The molecule has 2 atom stereocenters. The van der Waals surface area contributed by atoms with Gasteiger partial charge in [0.25, 0.3) is 0 Å². The van der Waals surface area contributed by atoms with Gasteiger partial charge in [-0.2, -0.15) is 0 Å². The molecular formula is C16H26N2O. The Morgan fingerprint density at radius 1 is 1.16 bits per heavy atom. The molecule has 1 heterocycles. The standard InChI is InChI=1S/C16H26N2O/c1-12-10-18(11-15(19)9-17-12)14-7-5-13(6-8-14)16(2,3)4/h5-8,12,15,17,19H,9-11H2,1-4H3. The van der Waals surface area contributed by atoms with Crippen LogP contribution in [0.1, 0.15) is 33.3 Å². The van der Waals surface area contributed by atoms with Gasteiger partial charge in [-0.15, -0.1) is 0 Å². The molecule has 3 heteroatoms. The number of hydrogen-bond acceptors (Lipinski definition) is 3. The van der Waals surface area contributed by atoms with Crippen LogP contribution in [-0.2, 0) is 5.41 Å². The summed E-state index contributed by atoms with van der Waals surface area (Å²) >= 11 is 0. The fraction of sp³-hybridized carbons (Fsp3) is 0.625. The third-order valence-electron chi connectivity index (χ3n) is 3.73. The molecule has 0 radical (unpaired) electrons. The van der Waals surface area contributed by atoms with E-state index < -0.39 is 0 Å². The van der Waals surface area contributed by atoms with Crippen molar-refractivity contribution in [2.45, 2.75) is 45.3 Å². The zero-order valence-electron chi connectivity index (χ0n) is 12.5. The Balaban J connectivity index is 2.16. The lowest BCUT2D eigenvalue weighted by molar-refractivity contribution is 0.183. The van der Waals surface area contributed by atoms with E-state index in [0.29, 0.717) is 19.1 Å². The minimum atomic E-state index is -0.299. The Labute approximate surface area is 116 Å². The van der Waals surface area contributed by atoms with E-state index in [1.165, 1.54) is 11.3 Å². The van der Waals surface area contributed by atoms with E-state index in [0.717, 1.165) is 6.54 Å². The molecule has 0 aromatic heterocycles. The molecule has 1 aliphatic heterocycles. The molecule has 1 aromatic rings. The van der Waals surface area contributed by atoms with E-state index >= 15 is 0 Å². The molecule has 0 saturated carbocycles. The molecule has 2 N–H and O–H groups in total. The maximum atomic E-state index is 9.92. The summed E-state index contributed by atoms with van der Waals surface area (Å²) in [5.41, 5.74) is 2.73. The van der Waals surface area contributed by atoms with Crippen molar-refractivity contribution in [2.24, 2.45) is 0 Å². The minimum absolute atomic E-state index is 0.186. The van der Waals surface area contributed by atoms with Crippen molar-refractivity contribution in [3.63, 3.8) is 0 Å². The molecule has 106 valence electrons. The lowest BCUT2D eigenvalue weighted by atomic mass is 9.87. The molecule has 19 heavy (non-hydrogen) atoms. The highest BCUT2D eigenvalue weighted by Crippen LogP contribution is 2.25. The van der Waals surface area contributed by atoms with Crippen LogP contribution in [0.25, 0.3) is 0 Å². The topological polar surface area (TPSA) is 35.5 Å². The minimum Gasteiger partial charge on any atom is -0.390 e. The summed E-state index contributed by atoms with van der Waals surface area (Å²) in [5, 5.41) is 13.3. The third-order valence-corrected chi connectivity index (χ3v) is 3.73. The van der Waals surface area contributed by atoms with Gasteiger partial charge in [-0.1, -0.05) is 32.9 Å². The lowest BCUT2D eigenvalue weighted by Crippen LogP contribution is -2.35. The second-order valence-corrected chi connectivity index (χ2v) is 6.66. The number of nitrogens with zero attached hydrogens (tertiary/aromatic N) is 1. The van der Waals surface area contributed by atoms with Gasteiger partial charge in [-0.05, 0) is 30.0 Å². The largest absolute Gasteiger partial charge is 0.390 e. The van der Waals surface area contributed by atoms with Crippen molar-refractivity contribution < 1.29 is 5.11 Å². The summed E-state index contributed by atoms with van der Waals surface area (Å²) in [7, 11) is 0. The smallest absolute Gasteiger partial charge is 0.0839 e. The SMILES string of the molecule is CC1CN(c2ccc(C(C)(C)C)cc2)CC(O)CN1. The summed E-state index contributed by atoms with van der Waals surface area (Å²) in [5.74, 6) is 0. The first-order valence-electron chi connectivity index (χ1n) is 7.13. The van der Waals surface area contributed by atoms with Gasteiger partial charge in [0.1, 0.15) is 0 Å². The Morgan fingerprint density at radius 2 is 1.79 bits per heavy atom. The number of aliphatic hydroxyl groups is 1. The number of hydrogen-bond donors (Lipinski definition) is 2. The summed E-state index contributed by atoms with van der Waals surface area (Å²) in [6.45, 7) is 11.2. The predicted molar refractivity (Wildman–Crippen MR) is 80.8 cm³/mol. The number of anilines is 1. The van der Waals surface area contributed by atoms with Crippen LogP contribution in [0.3, 0.4) is 0 Å². The van der Waals surface area contributed by atoms with Crippen molar-refractivity contribution in [1.82, 2.24) is 5.32 Å². The summed E-state index contributed by atoms with van der Waals surface area (Å²) in [6.07, 6.45) is -0.299. The summed E-state index contributed by atoms with van der Waals surface area (Å²) in [4.78, 5) is 2.27. The first kappa shape index (κ1) is 14.4. The number of benzene rings is 1. The summed E-state index contributed by atoms with van der Waals surface area (Å²) < 4.78 is 0. The molecule has 1 fully saturated rings. The van der Waals surface area contributed by atoms with Gasteiger partial charge in [0.2, 0.25) is 0 Å². The fourth-order valence-corrected chi connectivity index (χ4v) is 2.51. The van der Waals surface area contributed by atoms with Crippen molar-refractivity contribution in [2.75, 3.05) is 24.5 Å². The second kappa shape index (κ2) is 5.51. The third kappa shape index (κ3) is 3.71. The molecule has 2 unspecified atom stereocenters. The Morgan fingerprint density at radius 3 is 2.37 bits per heavy atom. The molecular weight excluding hydrogens is 236 g/mol. The number of nitrogens with one attached hydrogen (secondary N) is 1. The van der Waals surface area contributed by atoms with Crippen molar-refractivity contribution in [1.29, 1.82) is 0 Å². The highest BCUT2D eigenvalue weighted by molar-refractivity contribution is 5.49. The number of β-amino-alcohol motifs (C(OH)–C–C–N with tert-alkyl or cyclic N) is 1. The molecule has 2 rings (SSSR count). The Hall–Kier alpha value is -1.06. The average molecular weight is 262 g/mol. The normalized spacial score (nSPS) is 25.2. The zero-order chi connectivity index (χ0) is 14.0. The van der Waals surface area contributed by atoms with Crippen LogP contribution in [0.4, 0.5) is 5.69 Å². The van der Waals surface area contributed by atoms with Gasteiger partial charge < -0.3 is 15.3 Å². The maximum Gasteiger partial charge on any atom is 0.0839 e. The predicted octanol–water partition coefficient (Wildman–Crippen LogP) is 2.14. The Bertz CT molecular complexity index is 396. The van der Waals surface area contributed by atoms with Gasteiger partial charge in [-0.3, -0.25) is 0 Å². The number of aliphatic hydroxyl groups excluding tert-OH is 1. The van der Waals surface area contributed by atoms with Crippen LogP contribution in [-0.4, -0.2) is 36.9 Å². The van der Waals surface area contributed by atoms with Crippen LogP contribution in [0, 0.1) is 0 Å². The molecule has 1 aromatic carbocycles. The summed E-state index contributed by atoms with van der Waals surface area (Å²) in [6, 6.07) is 9.14. The first-order chi connectivity index (χ1) is 8.86. The maximum absolute atomic E-state index is 9.92. The van der Waals surface area contributed by atoms with Gasteiger partial charge in [0, 0.05) is 31.4 Å². The molecule has 0 bridgehead atoms. The van der Waals surface area contributed by atoms with Gasteiger partial charge in [0.15, 0.2) is 0 Å². The van der Waals surface area contributed by atoms with Crippen molar-refractivity contribution >= 4 is 5.69 Å². The van der Waals surface area contributed by atoms with E-state index in [1.807, 2.05) is 0 Å². The van der Waals surface area contributed by atoms with E-state index in [9.17, 15) is 5.11 Å². The van der Waals surface area contributed by atoms with Crippen LogP contribution in [0.5, 0.6) is 0 Å². The van der Waals surface area contributed by atoms with Crippen LogP contribution >= 0.6 is 0 Å². The van der Waals surface area contributed by atoms with E-state index in [4.69, 9.17) is 0 Å². The van der Waals surface area contributed by atoms with Gasteiger partial charge in [-0.25, -0.2) is 0 Å². The van der Waals surface area contributed by atoms with Gasteiger partial charge in [0.05, 0.1) is 6.10 Å². The lowest BCUT2D eigenvalue weighted by Gasteiger charge is -2.27. The highest BCUT2D eigenvalue weighted by atomic mass is 16.3. The molecule has 0 spiro atoms. The number of rotatable bonds is 1. The molecule has 0 amide bonds. The molecule has 3 nitrogen and oxygen atoms in total. The Kier molecular flexibility index (Phi) is 4.16. The second-order valence-electron chi connectivity index (χ2n) is 6.66. The van der Waals surface area contributed by atoms with Crippen LogP contribution in [0.15, 0.2) is 24.3 Å². The average Bonchev–Trinajstić information content (AvgIpc) is 2.50. The monoisotopic (exact) mass is 262 g/mol. The molecule has 1 saturated heterocycles. The molecule has 1 aliphatic rings. The van der Waals surface area contributed by atoms with Crippen molar-refractivity contribution in [3.05, 3.63) is 29.8 Å².